The summed E-state index contributed by atoms with van der Waals surface area (Å²) in [5, 5.41) is 14.6. The Morgan fingerprint density at radius 3 is 2.00 bits per heavy atom. The van der Waals surface area contributed by atoms with E-state index in [-0.39, 0.29) is 17.3 Å². The number of nitrogens with zero attached hydrogens (tertiary/aromatic N) is 1. The average Bonchev–Trinajstić information content (AvgIpc) is 2.68. The number of amides is 2. The summed E-state index contributed by atoms with van der Waals surface area (Å²) in [4.78, 5) is 37.3. The smallest absolute Gasteiger partial charge is 0.329 e. The van der Waals surface area contributed by atoms with Crippen molar-refractivity contribution >= 4 is 17.8 Å². The van der Waals surface area contributed by atoms with Gasteiger partial charge in [0.25, 0.3) is 11.8 Å². The summed E-state index contributed by atoms with van der Waals surface area (Å²) in [6, 6.07) is 8.39. The van der Waals surface area contributed by atoms with Crippen LogP contribution >= 0.6 is 0 Å². The molecule has 2 amide bonds. The van der Waals surface area contributed by atoms with Gasteiger partial charge in [-0.05, 0) is 41.9 Å². The molecule has 1 aromatic carbocycles. The lowest BCUT2D eigenvalue weighted by Gasteiger charge is -2.27. The molecular formula is C24H35N3O4. The van der Waals surface area contributed by atoms with Crippen molar-refractivity contribution in [1.29, 1.82) is 5.26 Å². The van der Waals surface area contributed by atoms with Gasteiger partial charge < -0.3 is 15.4 Å². The van der Waals surface area contributed by atoms with E-state index in [0.717, 1.165) is 5.56 Å². The van der Waals surface area contributed by atoms with Gasteiger partial charge in [0, 0.05) is 5.56 Å². The number of hydrogen-bond donors (Lipinski definition) is 2. The fraction of sp³-hybridized carbons (Fsp3) is 0.583. The van der Waals surface area contributed by atoms with E-state index in [1.54, 1.807) is 32.9 Å². The zero-order chi connectivity index (χ0) is 24.0. The molecule has 0 aliphatic rings. The van der Waals surface area contributed by atoms with Gasteiger partial charge in [-0.2, -0.15) is 5.26 Å². The summed E-state index contributed by atoms with van der Waals surface area (Å²) in [5.41, 5.74) is 0.442. The van der Waals surface area contributed by atoms with Crippen molar-refractivity contribution in [2.45, 2.75) is 72.4 Å². The van der Waals surface area contributed by atoms with E-state index in [0.29, 0.717) is 5.56 Å². The molecule has 0 aromatic heterocycles. The molecule has 1 rings (SSSR count). The Kier molecular flexibility index (Phi) is 8.80. The number of esters is 1. The van der Waals surface area contributed by atoms with Crippen molar-refractivity contribution < 1.29 is 19.1 Å². The zero-order valence-electron chi connectivity index (χ0n) is 19.8. The molecule has 0 radical (unpaired) electrons. The van der Waals surface area contributed by atoms with Crippen molar-refractivity contribution in [2.75, 3.05) is 6.61 Å². The Balaban J connectivity index is 2.77. The Hall–Kier alpha value is -2.88. The Morgan fingerprint density at radius 2 is 1.58 bits per heavy atom. The highest BCUT2D eigenvalue weighted by Gasteiger charge is 2.31. The lowest BCUT2D eigenvalue weighted by molar-refractivity contribution is -0.151. The highest BCUT2D eigenvalue weighted by atomic mass is 16.5. The van der Waals surface area contributed by atoms with Crippen LogP contribution in [0.5, 0.6) is 0 Å². The Bertz CT molecular complexity index is 832. The SMILES string of the molecule is CC(C)[C@H](NC(=O)c1ccc(C(C)(C)C)cc1)C(=O)OCC(=O)N[C@@](C)(C#N)C(C)C. The molecule has 0 saturated carbocycles. The lowest BCUT2D eigenvalue weighted by atomic mass is 9.86. The van der Waals surface area contributed by atoms with Gasteiger partial charge >= 0.3 is 5.97 Å². The van der Waals surface area contributed by atoms with Gasteiger partial charge in [-0.3, -0.25) is 9.59 Å². The third-order valence-corrected chi connectivity index (χ3v) is 5.35. The van der Waals surface area contributed by atoms with Crippen molar-refractivity contribution in [3.63, 3.8) is 0 Å². The number of nitriles is 1. The van der Waals surface area contributed by atoms with E-state index in [4.69, 9.17) is 4.74 Å². The van der Waals surface area contributed by atoms with Crippen LogP contribution in [0.2, 0.25) is 0 Å². The second-order valence-electron chi connectivity index (χ2n) is 9.65. The van der Waals surface area contributed by atoms with E-state index in [1.807, 2.05) is 26.0 Å². The van der Waals surface area contributed by atoms with Gasteiger partial charge in [0.1, 0.15) is 11.6 Å². The van der Waals surface area contributed by atoms with Crippen molar-refractivity contribution in [2.24, 2.45) is 11.8 Å². The minimum absolute atomic E-state index is 0.0307. The van der Waals surface area contributed by atoms with Crippen molar-refractivity contribution in [1.82, 2.24) is 10.6 Å². The highest BCUT2D eigenvalue weighted by molar-refractivity contribution is 5.97. The standard InChI is InChI=1S/C24H35N3O4/c1-15(2)20(22(30)31-13-19(28)27-24(8,14-25)16(3)4)26-21(29)17-9-11-18(12-10-17)23(5,6)7/h9-12,15-16,20H,13H2,1-8H3,(H,26,29)(H,27,28)/t20-,24-/m0/s1. The summed E-state index contributed by atoms with van der Waals surface area (Å²) >= 11 is 0. The molecule has 7 heteroatoms. The summed E-state index contributed by atoms with van der Waals surface area (Å²) in [7, 11) is 0. The van der Waals surface area contributed by atoms with Crippen LogP contribution in [0.3, 0.4) is 0 Å². The van der Waals surface area contributed by atoms with Gasteiger partial charge in [-0.15, -0.1) is 0 Å². The molecule has 0 unspecified atom stereocenters. The van der Waals surface area contributed by atoms with E-state index in [2.05, 4.69) is 37.5 Å². The third kappa shape index (κ3) is 7.39. The second-order valence-corrected chi connectivity index (χ2v) is 9.65. The number of carbonyl (C=O) groups is 3. The number of nitrogens with one attached hydrogen (secondary N) is 2. The Labute approximate surface area is 185 Å². The van der Waals surface area contributed by atoms with Crippen LogP contribution in [0.1, 0.15) is 71.3 Å². The fourth-order valence-electron chi connectivity index (χ4n) is 2.70. The molecule has 0 bridgehead atoms. The molecule has 0 aliphatic carbocycles. The predicted molar refractivity (Wildman–Crippen MR) is 119 cm³/mol. The van der Waals surface area contributed by atoms with Crippen molar-refractivity contribution in [3.05, 3.63) is 35.4 Å². The molecule has 170 valence electrons. The van der Waals surface area contributed by atoms with Crippen LogP contribution < -0.4 is 10.6 Å². The monoisotopic (exact) mass is 429 g/mol. The van der Waals surface area contributed by atoms with Crippen LogP contribution in [0.25, 0.3) is 0 Å². The number of hydrogen-bond acceptors (Lipinski definition) is 5. The van der Waals surface area contributed by atoms with Gasteiger partial charge in [-0.1, -0.05) is 60.6 Å². The van der Waals surface area contributed by atoms with Gasteiger partial charge in [-0.25, -0.2) is 4.79 Å². The molecular weight excluding hydrogens is 394 g/mol. The predicted octanol–water partition coefficient (Wildman–Crippen LogP) is 3.34. The molecule has 1 aromatic rings. The first-order chi connectivity index (χ1) is 14.2. The summed E-state index contributed by atoms with van der Waals surface area (Å²) < 4.78 is 5.12. The normalized spacial score (nSPS) is 14.4. The molecule has 0 saturated heterocycles. The van der Waals surface area contributed by atoms with E-state index in [1.165, 1.54) is 0 Å². The number of rotatable bonds is 8. The first-order valence-corrected chi connectivity index (χ1v) is 10.5. The summed E-state index contributed by atoms with van der Waals surface area (Å²) in [5.74, 6) is -2.03. The fourth-order valence-corrected chi connectivity index (χ4v) is 2.70. The highest BCUT2D eigenvalue weighted by Crippen LogP contribution is 2.22. The number of ether oxygens (including phenoxy) is 1. The minimum atomic E-state index is -1.06. The van der Waals surface area contributed by atoms with Crippen LogP contribution in [0.4, 0.5) is 0 Å². The minimum Gasteiger partial charge on any atom is -0.454 e. The van der Waals surface area contributed by atoms with E-state index in [9.17, 15) is 19.6 Å². The topological polar surface area (TPSA) is 108 Å². The molecule has 2 N–H and O–H groups in total. The van der Waals surface area contributed by atoms with Gasteiger partial charge in [0.2, 0.25) is 0 Å². The molecule has 0 spiro atoms. The molecule has 7 nitrogen and oxygen atoms in total. The third-order valence-electron chi connectivity index (χ3n) is 5.35. The van der Waals surface area contributed by atoms with Gasteiger partial charge in [0.15, 0.2) is 6.61 Å². The summed E-state index contributed by atoms with van der Waals surface area (Å²) in [6.07, 6.45) is 0. The van der Waals surface area contributed by atoms with Crippen LogP contribution in [0.15, 0.2) is 24.3 Å². The maximum absolute atomic E-state index is 12.6. The van der Waals surface area contributed by atoms with Gasteiger partial charge in [0.05, 0.1) is 6.07 Å². The van der Waals surface area contributed by atoms with Crippen LogP contribution in [0, 0.1) is 23.2 Å². The molecule has 31 heavy (non-hydrogen) atoms. The van der Waals surface area contributed by atoms with E-state index < -0.39 is 36.0 Å². The molecule has 2 atom stereocenters. The Morgan fingerprint density at radius 1 is 1.03 bits per heavy atom. The first kappa shape index (κ1) is 26.2. The van der Waals surface area contributed by atoms with Crippen molar-refractivity contribution in [3.8, 4) is 6.07 Å². The number of carbonyl (C=O) groups excluding carboxylic acids is 3. The lowest BCUT2D eigenvalue weighted by Crippen LogP contribution is -2.51. The first-order valence-electron chi connectivity index (χ1n) is 10.5. The maximum atomic E-state index is 12.6. The van der Waals surface area contributed by atoms with E-state index >= 15 is 0 Å². The second kappa shape index (κ2) is 10.4. The largest absolute Gasteiger partial charge is 0.454 e. The number of benzene rings is 1. The summed E-state index contributed by atoms with van der Waals surface area (Å²) in [6.45, 7) is 14.5. The van der Waals surface area contributed by atoms with Crippen LogP contribution in [-0.2, 0) is 19.7 Å². The molecule has 0 fully saturated rings. The zero-order valence-corrected chi connectivity index (χ0v) is 19.8. The molecule has 0 aliphatic heterocycles. The van der Waals surface area contributed by atoms with Crippen LogP contribution in [-0.4, -0.2) is 36.0 Å². The maximum Gasteiger partial charge on any atom is 0.329 e. The average molecular weight is 430 g/mol. The molecule has 0 heterocycles. The quantitative estimate of drug-likeness (QED) is 0.616.